The number of aromatic nitrogens is 3. The van der Waals surface area contributed by atoms with Crippen molar-refractivity contribution in [3.63, 3.8) is 0 Å². The van der Waals surface area contributed by atoms with E-state index in [2.05, 4.69) is 26.0 Å². The van der Waals surface area contributed by atoms with E-state index < -0.39 is 5.97 Å². The number of thiazole rings is 1. The van der Waals surface area contributed by atoms with Crippen LogP contribution >= 0.6 is 27.3 Å². The van der Waals surface area contributed by atoms with E-state index in [1.165, 1.54) is 36.1 Å². The van der Waals surface area contributed by atoms with E-state index >= 15 is 0 Å². The lowest BCUT2D eigenvalue weighted by atomic mass is 10.2. The Labute approximate surface area is 170 Å². The largest absolute Gasteiger partial charge is 0.493 e. The summed E-state index contributed by atoms with van der Waals surface area (Å²) in [4.78, 5) is 28.7. The lowest BCUT2D eigenvalue weighted by Crippen LogP contribution is -2.23. The predicted molar refractivity (Wildman–Crippen MR) is 106 cm³/mol. The molecule has 0 spiro atoms. The molecule has 0 aliphatic rings. The number of methoxy groups -OCH3 is 1. The lowest BCUT2D eigenvalue weighted by Gasteiger charge is -2.10. The Balaban J connectivity index is 1.78. The molecular weight excluding hydrogens is 450 g/mol. The van der Waals surface area contributed by atoms with Crippen LogP contribution in [0.1, 0.15) is 12.5 Å². The third-order valence-corrected chi connectivity index (χ3v) is 5.27. The molecule has 0 radical (unpaired) electrons. The number of rotatable bonds is 4. The SMILES string of the molecule is COc1cc(/C=c2\sc3nc(-c4ccco4)nn3c2=O)cc(Br)c1OC(C)=O. The zero-order valence-electron chi connectivity index (χ0n) is 14.6. The average Bonchev–Trinajstić information content (AvgIpc) is 3.36. The molecule has 0 saturated carbocycles. The lowest BCUT2D eigenvalue weighted by molar-refractivity contribution is -0.132. The number of carbonyl (C=O) groups is 1. The van der Waals surface area contributed by atoms with Crippen LogP contribution in [0.4, 0.5) is 0 Å². The zero-order valence-corrected chi connectivity index (χ0v) is 17.0. The van der Waals surface area contributed by atoms with Crippen LogP contribution in [0, 0.1) is 0 Å². The summed E-state index contributed by atoms with van der Waals surface area (Å²) in [7, 11) is 1.47. The van der Waals surface area contributed by atoms with Crippen molar-refractivity contribution in [3.8, 4) is 23.1 Å². The Morgan fingerprint density at radius 2 is 2.21 bits per heavy atom. The van der Waals surface area contributed by atoms with Gasteiger partial charge < -0.3 is 13.9 Å². The molecule has 4 rings (SSSR count). The highest BCUT2D eigenvalue weighted by Gasteiger charge is 2.15. The van der Waals surface area contributed by atoms with Crippen LogP contribution in [0.3, 0.4) is 0 Å². The van der Waals surface area contributed by atoms with Crippen molar-refractivity contribution < 1.29 is 18.7 Å². The van der Waals surface area contributed by atoms with Crippen molar-refractivity contribution >= 4 is 44.3 Å². The minimum atomic E-state index is -0.463. The molecule has 0 unspecified atom stereocenters. The van der Waals surface area contributed by atoms with E-state index in [-0.39, 0.29) is 11.3 Å². The van der Waals surface area contributed by atoms with E-state index in [0.29, 0.717) is 36.9 Å². The van der Waals surface area contributed by atoms with Crippen LogP contribution in [0.2, 0.25) is 0 Å². The quantitative estimate of drug-likeness (QED) is 0.340. The van der Waals surface area contributed by atoms with Crippen molar-refractivity contribution in [1.29, 1.82) is 0 Å². The number of ether oxygens (including phenoxy) is 2. The van der Waals surface area contributed by atoms with Crippen molar-refractivity contribution in [1.82, 2.24) is 14.6 Å². The molecular formula is C18H12BrN3O5S. The highest BCUT2D eigenvalue weighted by molar-refractivity contribution is 9.10. The zero-order chi connectivity index (χ0) is 19.8. The first-order valence-electron chi connectivity index (χ1n) is 7.97. The summed E-state index contributed by atoms with van der Waals surface area (Å²) in [6.07, 6.45) is 3.22. The summed E-state index contributed by atoms with van der Waals surface area (Å²) in [5, 5.41) is 4.21. The Morgan fingerprint density at radius 1 is 1.39 bits per heavy atom. The van der Waals surface area contributed by atoms with Gasteiger partial charge in [-0.3, -0.25) is 9.59 Å². The number of nitrogens with zero attached hydrogens (tertiary/aromatic N) is 3. The molecule has 1 aromatic carbocycles. The third-order valence-electron chi connectivity index (χ3n) is 3.72. The molecule has 0 aliphatic carbocycles. The van der Waals surface area contributed by atoms with Crippen LogP contribution in [0.25, 0.3) is 22.6 Å². The molecule has 0 atom stereocenters. The van der Waals surface area contributed by atoms with Gasteiger partial charge in [0.2, 0.25) is 10.8 Å². The molecule has 28 heavy (non-hydrogen) atoms. The Bertz CT molecular complexity index is 1290. The first-order valence-corrected chi connectivity index (χ1v) is 9.58. The maximum absolute atomic E-state index is 12.7. The number of furan rings is 1. The monoisotopic (exact) mass is 461 g/mol. The van der Waals surface area contributed by atoms with Gasteiger partial charge in [-0.2, -0.15) is 9.50 Å². The molecule has 3 aromatic heterocycles. The minimum Gasteiger partial charge on any atom is -0.493 e. The smallest absolute Gasteiger partial charge is 0.308 e. The normalized spacial score (nSPS) is 11.9. The fourth-order valence-electron chi connectivity index (χ4n) is 2.56. The molecule has 0 fully saturated rings. The van der Waals surface area contributed by atoms with Crippen LogP contribution < -0.4 is 19.6 Å². The van der Waals surface area contributed by atoms with E-state index in [0.717, 1.165) is 0 Å². The molecule has 0 N–H and O–H groups in total. The fourth-order valence-corrected chi connectivity index (χ4v) is 4.01. The maximum atomic E-state index is 12.7. The van der Waals surface area contributed by atoms with Gasteiger partial charge in [0.05, 0.1) is 22.4 Å². The molecule has 0 saturated heterocycles. The summed E-state index contributed by atoms with van der Waals surface area (Å²) < 4.78 is 17.9. The molecule has 10 heteroatoms. The predicted octanol–water partition coefficient (Wildman–Crippen LogP) is 2.66. The average molecular weight is 462 g/mol. The van der Waals surface area contributed by atoms with Gasteiger partial charge in [-0.25, -0.2) is 0 Å². The molecule has 4 aromatic rings. The first kappa shape index (κ1) is 18.4. The van der Waals surface area contributed by atoms with Crippen LogP contribution in [-0.2, 0) is 4.79 Å². The second-order valence-corrected chi connectivity index (χ2v) is 7.51. The maximum Gasteiger partial charge on any atom is 0.308 e. The first-order chi connectivity index (χ1) is 13.5. The van der Waals surface area contributed by atoms with E-state index in [1.54, 1.807) is 30.3 Å². The summed E-state index contributed by atoms with van der Waals surface area (Å²) in [6, 6.07) is 6.86. The van der Waals surface area contributed by atoms with Gasteiger partial charge >= 0.3 is 5.97 Å². The van der Waals surface area contributed by atoms with Gasteiger partial charge in [0.15, 0.2) is 17.3 Å². The van der Waals surface area contributed by atoms with Gasteiger partial charge in [0.25, 0.3) is 5.56 Å². The van der Waals surface area contributed by atoms with Crippen LogP contribution in [0.5, 0.6) is 11.5 Å². The number of fused-ring (bicyclic) bond motifs is 1. The minimum absolute atomic E-state index is 0.278. The fraction of sp³-hybridized carbons (Fsp3) is 0.111. The molecule has 8 nitrogen and oxygen atoms in total. The molecule has 0 aliphatic heterocycles. The van der Waals surface area contributed by atoms with Gasteiger partial charge in [-0.05, 0) is 51.8 Å². The van der Waals surface area contributed by atoms with Crippen molar-refractivity contribution in [2.45, 2.75) is 6.92 Å². The number of hydrogen-bond acceptors (Lipinski definition) is 8. The Hall–Kier alpha value is -2.98. The highest BCUT2D eigenvalue weighted by atomic mass is 79.9. The number of esters is 1. The van der Waals surface area contributed by atoms with E-state index in [9.17, 15) is 9.59 Å². The standard InChI is InChI=1S/C18H12BrN3O5S/c1-9(23)27-15-11(19)6-10(7-13(15)25-2)8-14-17(24)22-18(28-14)20-16(21-22)12-4-3-5-26-12/h3-8H,1-2H3/b14-8-. The van der Waals surface area contributed by atoms with Crippen molar-refractivity contribution in [2.24, 2.45) is 0 Å². The van der Waals surface area contributed by atoms with Crippen LogP contribution in [-0.4, -0.2) is 27.7 Å². The summed E-state index contributed by atoms with van der Waals surface area (Å²) >= 11 is 4.57. The Morgan fingerprint density at radius 3 is 2.86 bits per heavy atom. The van der Waals surface area contributed by atoms with Gasteiger partial charge in [-0.1, -0.05) is 11.3 Å². The second kappa shape index (κ2) is 7.21. The number of hydrogen-bond donors (Lipinski definition) is 0. The Kier molecular flexibility index (Phi) is 4.73. The van der Waals surface area contributed by atoms with Gasteiger partial charge in [-0.15, -0.1) is 5.10 Å². The molecule has 142 valence electrons. The van der Waals surface area contributed by atoms with Crippen LogP contribution in [0.15, 0.2) is 44.2 Å². The topological polar surface area (TPSA) is 95.9 Å². The third kappa shape index (κ3) is 3.32. The summed E-state index contributed by atoms with van der Waals surface area (Å²) in [5.74, 6) is 1.03. The van der Waals surface area contributed by atoms with Crippen molar-refractivity contribution in [2.75, 3.05) is 7.11 Å². The molecule has 0 amide bonds. The molecule has 3 heterocycles. The van der Waals surface area contributed by atoms with E-state index in [4.69, 9.17) is 13.9 Å². The number of benzene rings is 1. The van der Waals surface area contributed by atoms with E-state index in [1.807, 2.05) is 0 Å². The second-order valence-electron chi connectivity index (χ2n) is 5.65. The number of carbonyl (C=O) groups excluding carboxylic acids is 1. The van der Waals surface area contributed by atoms with Gasteiger partial charge in [0.1, 0.15) is 0 Å². The van der Waals surface area contributed by atoms with Crippen molar-refractivity contribution in [3.05, 3.63) is 55.5 Å². The summed E-state index contributed by atoms with van der Waals surface area (Å²) in [5.41, 5.74) is 0.400. The summed E-state index contributed by atoms with van der Waals surface area (Å²) in [6.45, 7) is 1.31. The highest BCUT2D eigenvalue weighted by Crippen LogP contribution is 2.37. The van der Waals surface area contributed by atoms with Gasteiger partial charge in [0, 0.05) is 6.92 Å². The number of halogens is 1. The molecule has 0 bridgehead atoms.